The van der Waals surface area contributed by atoms with E-state index in [4.69, 9.17) is 9.47 Å². The largest absolute Gasteiger partial charge is 0.468 e. The van der Waals surface area contributed by atoms with Crippen molar-refractivity contribution < 1.29 is 14.3 Å². The van der Waals surface area contributed by atoms with Gasteiger partial charge in [0, 0.05) is 37.4 Å². The van der Waals surface area contributed by atoms with E-state index in [0.717, 1.165) is 18.9 Å². The van der Waals surface area contributed by atoms with Gasteiger partial charge in [0.1, 0.15) is 11.2 Å². The number of imidazole rings is 1. The number of hydrogen-bond donors (Lipinski definition) is 0. The molecule has 1 aromatic heterocycles. The molecule has 3 heterocycles. The van der Waals surface area contributed by atoms with Gasteiger partial charge in [-0.1, -0.05) is 0 Å². The minimum atomic E-state index is -0.467. The zero-order chi connectivity index (χ0) is 14.4. The highest BCUT2D eigenvalue weighted by atomic mass is 16.5. The molecule has 114 valence electrons. The monoisotopic (exact) mass is 291 g/mol. The molecule has 0 amide bonds. The van der Waals surface area contributed by atoms with Crippen LogP contribution in [0.4, 0.5) is 0 Å². The maximum absolute atomic E-state index is 12.2. The Morgan fingerprint density at radius 1 is 1.57 bits per heavy atom. The number of carbonyl (C=O) groups is 1. The highest BCUT2D eigenvalue weighted by Crippen LogP contribution is 2.43. The second-order valence-electron chi connectivity index (χ2n) is 6.51. The number of esters is 1. The molecule has 0 aromatic carbocycles. The lowest BCUT2D eigenvalue weighted by atomic mass is 9.81. The maximum atomic E-state index is 12.2. The molecule has 2 aliphatic heterocycles. The van der Waals surface area contributed by atoms with Crippen LogP contribution >= 0.6 is 0 Å². The maximum Gasteiger partial charge on any atom is 0.315 e. The van der Waals surface area contributed by atoms with Gasteiger partial charge in [-0.3, -0.25) is 9.69 Å². The van der Waals surface area contributed by atoms with Crippen LogP contribution in [0.1, 0.15) is 24.7 Å². The van der Waals surface area contributed by atoms with Gasteiger partial charge in [-0.15, -0.1) is 0 Å². The van der Waals surface area contributed by atoms with Gasteiger partial charge >= 0.3 is 5.97 Å². The number of carbonyl (C=O) groups excluding carboxylic acids is 1. The topological polar surface area (TPSA) is 56.6 Å². The Kier molecular flexibility index (Phi) is 3.04. The van der Waals surface area contributed by atoms with Crippen LogP contribution in [0.15, 0.2) is 12.4 Å². The molecule has 21 heavy (non-hydrogen) atoms. The minimum absolute atomic E-state index is 0.127. The highest BCUT2D eigenvalue weighted by molar-refractivity contribution is 5.78. The lowest BCUT2D eigenvalue weighted by Gasteiger charge is -2.24. The molecule has 4 rings (SSSR count). The third-order valence-corrected chi connectivity index (χ3v) is 5.09. The first kappa shape index (κ1) is 13.3. The standard InChI is InChI=1S/C15H21N3O3/c1-20-14(19)15-9-17(6-11(15)8-21-10-15)7-13-16-4-5-18(13)12-2-3-12/h4-5,11-12H,2-3,6-10H2,1H3/t11-,15-/m0/s1. The number of likely N-dealkylation sites (tertiary alicyclic amines) is 1. The zero-order valence-corrected chi connectivity index (χ0v) is 12.3. The van der Waals surface area contributed by atoms with Gasteiger partial charge in [-0.25, -0.2) is 4.98 Å². The van der Waals surface area contributed by atoms with E-state index in [0.29, 0.717) is 25.8 Å². The van der Waals surface area contributed by atoms with E-state index in [1.165, 1.54) is 20.0 Å². The van der Waals surface area contributed by atoms with Gasteiger partial charge in [0.15, 0.2) is 0 Å². The number of hydrogen-bond acceptors (Lipinski definition) is 5. The Balaban J connectivity index is 1.50. The van der Waals surface area contributed by atoms with Gasteiger partial charge in [0.05, 0.1) is 26.9 Å². The van der Waals surface area contributed by atoms with Gasteiger partial charge in [0.2, 0.25) is 0 Å². The fourth-order valence-corrected chi connectivity index (χ4v) is 3.80. The quantitative estimate of drug-likeness (QED) is 0.769. The van der Waals surface area contributed by atoms with Crippen molar-refractivity contribution in [2.75, 3.05) is 33.4 Å². The predicted octanol–water partition coefficient (Wildman–Crippen LogP) is 0.839. The molecule has 0 N–H and O–H groups in total. The van der Waals surface area contributed by atoms with Crippen molar-refractivity contribution in [2.24, 2.45) is 11.3 Å². The summed E-state index contributed by atoms with van der Waals surface area (Å²) < 4.78 is 12.9. The van der Waals surface area contributed by atoms with E-state index < -0.39 is 5.41 Å². The lowest BCUT2D eigenvalue weighted by Crippen LogP contribution is -2.40. The molecule has 2 saturated heterocycles. The molecule has 1 aromatic rings. The van der Waals surface area contributed by atoms with Crippen molar-refractivity contribution in [1.29, 1.82) is 0 Å². The molecule has 6 nitrogen and oxygen atoms in total. The van der Waals surface area contributed by atoms with E-state index in [2.05, 4.69) is 20.6 Å². The first-order chi connectivity index (χ1) is 10.2. The SMILES string of the molecule is COC(=O)[C@@]12COC[C@@H]1CN(Cc1nccn1C1CC1)C2. The van der Waals surface area contributed by atoms with Crippen LogP contribution in [-0.2, 0) is 20.8 Å². The Morgan fingerprint density at radius 2 is 2.43 bits per heavy atom. The number of aromatic nitrogens is 2. The Labute approximate surface area is 124 Å². The summed E-state index contributed by atoms with van der Waals surface area (Å²) in [7, 11) is 1.47. The van der Waals surface area contributed by atoms with Crippen LogP contribution in [0.25, 0.3) is 0 Å². The molecule has 0 spiro atoms. The fourth-order valence-electron chi connectivity index (χ4n) is 3.80. The third-order valence-electron chi connectivity index (χ3n) is 5.09. The van der Waals surface area contributed by atoms with E-state index in [-0.39, 0.29) is 11.9 Å². The van der Waals surface area contributed by atoms with Crippen molar-refractivity contribution in [3.05, 3.63) is 18.2 Å². The zero-order valence-electron chi connectivity index (χ0n) is 12.3. The van der Waals surface area contributed by atoms with Gasteiger partial charge in [-0.2, -0.15) is 0 Å². The Hall–Kier alpha value is -1.40. The molecule has 1 saturated carbocycles. The third kappa shape index (κ3) is 2.08. The lowest BCUT2D eigenvalue weighted by molar-refractivity contribution is -0.153. The van der Waals surface area contributed by atoms with Gasteiger partial charge < -0.3 is 14.0 Å². The molecule has 0 unspecified atom stereocenters. The predicted molar refractivity (Wildman–Crippen MR) is 74.5 cm³/mol. The van der Waals surface area contributed by atoms with Crippen LogP contribution in [-0.4, -0.2) is 53.8 Å². The molecule has 3 fully saturated rings. The van der Waals surface area contributed by atoms with E-state index in [9.17, 15) is 4.79 Å². The van der Waals surface area contributed by atoms with E-state index in [1.807, 2.05) is 6.20 Å². The van der Waals surface area contributed by atoms with Crippen molar-refractivity contribution in [3.8, 4) is 0 Å². The molecular formula is C15H21N3O3. The van der Waals surface area contributed by atoms with E-state index >= 15 is 0 Å². The van der Waals surface area contributed by atoms with Crippen molar-refractivity contribution in [1.82, 2.24) is 14.5 Å². The van der Waals surface area contributed by atoms with Crippen LogP contribution in [0.2, 0.25) is 0 Å². The first-order valence-corrected chi connectivity index (χ1v) is 7.63. The normalized spacial score (nSPS) is 32.3. The van der Waals surface area contributed by atoms with Gasteiger partial charge in [0.25, 0.3) is 0 Å². The second-order valence-corrected chi connectivity index (χ2v) is 6.51. The average Bonchev–Trinajstić information content (AvgIpc) is 2.93. The second kappa shape index (κ2) is 4.81. The summed E-state index contributed by atoms with van der Waals surface area (Å²) in [6.07, 6.45) is 6.46. The number of nitrogens with zero attached hydrogens (tertiary/aromatic N) is 3. The van der Waals surface area contributed by atoms with Crippen molar-refractivity contribution in [3.63, 3.8) is 0 Å². The Bertz CT molecular complexity index is 554. The van der Waals surface area contributed by atoms with Crippen molar-refractivity contribution >= 4 is 5.97 Å². The molecule has 6 heteroatoms. The number of rotatable bonds is 4. The summed E-state index contributed by atoms with van der Waals surface area (Å²) in [4.78, 5) is 19.0. The Morgan fingerprint density at radius 3 is 3.19 bits per heavy atom. The van der Waals surface area contributed by atoms with E-state index in [1.54, 1.807) is 0 Å². The summed E-state index contributed by atoms with van der Waals surface area (Å²) in [5.74, 6) is 1.23. The van der Waals surface area contributed by atoms with Crippen LogP contribution in [0, 0.1) is 11.3 Å². The van der Waals surface area contributed by atoms with Crippen molar-refractivity contribution in [2.45, 2.75) is 25.4 Å². The average molecular weight is 291 g/mol. The molecule has 2 atom stereocenters. The fraction of sp³-hybridized carbons (Fsp3) is 0.733. The smallest absolute Gasteiger partial charge is 0.315 e. The summed E-state index contributed by atoms with van der Waals surface area (Å²) in [5, 5.41) is 0. The molecular weight excluding hydrogens is 270 g/mol. The number of ether oxygens (including phenoxy) is 2. The van der Waals surface area contributed by atoms with Crippen LogP contribution < -0.4 is 0 Å². The number of methoxy groups -OCH3 is 1. The van der Waals surface area contributed by atoms with Crippen LogP contribution in [0.5, 0.6) is 0 Å². The van der Waals surface area contributed by atoms with Gasteiger partial charge in [-0.05, 0) is 12.8 Å². The molecule has 0 bridgehead atoms. The molecule has 3 aliphatic rings. The molecule has 0 radical (unpaired) electrons. The summed E-state index contributed by atoms with van der Waals surface area (Å²) in [6, 6.07) is 0.641. The summed E-state index contributed by atoms with van der Waals surface area (Å²) >= 11 is 0. The van der Waals surface area contributed by atoms with Crippen LogP contribution in [0.3, 0.4) is 0 Å². The minimum Gasteiger partial charge on any atom is -0.468 e. The summed E-state index contributed by atoms with van der Waals surface area (Å²) in [6.45, 7) is 3.54. The first-order valence-electron chi connectivity index (χ1n) is 7.63. The molecule has 1 aliphatic carbocycles. The summed E-state index contributed by atoms with van der Waals surface area (Å²) in [5.41, 5.74) is -0.467. The highest BCUT2D eigenvalue weighted by Gasteiger charge is 2.56. The number of fused-ring (bicyclic) bond motifs is 1.